The summed E-state index contributed by atoms with van der Waals surface area (Å²) in [6, 6.07) is -0.107. The fourth-order valence-electron chi connectivity index (χ4n) is 3.08. The molecule has 2 atom stereocenters. The van der Waals surface area contributed by atoms with Crippen LogP contribution in [0.2, 0.25) is 0 Å². The number of carbonyl (C=O) groups is 1. The first-order chi connectivity index (χ1) is 10.4. The van der Waals surface area contributed by atoms with E-state index in [9.17, 15) is 13.2 Å². The van der Waals surface area contributed by atoms with Gasteiger partial charge in [0.25, 0.3) is 0 Å². The molecule has 0 radical (unpaired) electrons. The number of nitrogens with zero attached hydrogens (tertiary/aromatic N) is 3. The average molecular weight is 327 g/mol. The van der Waals surface area contributed by atoms with Crippen LogP contribution in [0.25, 0.3) is 0 Å². The molecule has 1 saturated heterocycles. The van der Waals surface area contributed by atoms with Crippen LogP contribution in [0.15, 0.2) is 0 Å². The molecule has 1 aliphatic carbocycles. The molecular formula is C14H21N3O4S. The number of aryl methyl sites for hydroxylation is 1. The van der Waals surface area contributed by atoms with Gasteiger partial charge in [-0.2, -0.15) is 9.40 Å². The van der Waals surface area contributed by atoms with Crippen LogP contribution in [0.4, 0.5) is 0 Å². The van der Waals surface area contributed by atoms with Gasteiger partial charge in [-0.15, -0.1) is 0 Å². The molecule has 0 saturated carbocycles. The number of esters is 1. The van der Waals surface area contributed by atoms with Crippen LogP contribution in [0.1, 0.15) is 41.5 Å². The first kappa shape index (κ1) is 15.5. The molecule has 0 spiro atoms. The standard InChI is InChI=1S/C14H21N3O4S/c1-3-21-14(18)13-11-6-4-5-7-12(11)15-16(13)8-10-9-17(10)22(2,19)20/h10H,3-9H2,1-2H3. The Morgan fingerprint density at radius 1 is 1.36 bits per heavy atom. The Hall–Kier alpha value is -1.41. The largest absolute Gasteiger partial charge is 0.461 e. The van der Waals surface area contributed by atoms with Crippen LogP contribution in [-0.2, 0) is 34.1 Å². The van der Waals surface area contributed by atoms with Crippen LogP contribution in [0.5, 0.6) is 0 Å². The van der Waals surface area contributed by atoms with Crippen LogP contribution < -0.4 is 0 Å². The maximum absolute atomic E-state index is 12.3. The molecule has 1 aromatic heterocycles. The molecule has 1 aliphatic heterocycles. The van der Waals surface area contributed by atoms with E-state index in [1.165, 1.54) is 10.6 Å². The van der Waals surface area contributed by atoms with Crippen molar-refractivity contribution in [2.75, 3.05) is 19.4 Å². The lowest BCUT2D eigenvalue weighted by atomic mass is 9.96. The van der Waals surface area contributed by atoms with Gasteiger partial charge < -0.3 is 4.74 Å². The third-order valence-corrected chi connectivity index (χ3v) is 5.47. The molecule has 0 bridgehead atoms. The first-order valence-electron chi connectivity index (χ1n) is 7.64. The first-order valence-corrected chi connectivity index (χ1v) is 9.49. The molecule has 0 N–H and O–H groups in total. The number of sulfonamides is 1. The van der Waals surface area contributed by atoms with Gasteiger partial charge in [-0.1, -0.05) is 0 Å². The molecule has 122 valence electrons. The maximum Gasteiger partial charge on any atom is 0.356 e. The molecule has 2 heterocycles. The van der Waals surface area contributed by atoms with E-state index in [1.54, 1.807) is 11.6 Å². The Morgan fingerprint density at radius 2 is 2.09 bits per heavy atom. The third-order valence-electron chi connectivity index (χ3n) is 4.17. The van der Waals surface area contributed by atoms with E-state index in [0.717, 1.165) is 36.9 Å². The van der Waals surface area contributed by atoms with Crippen LogP contribution in [-0.4, -0.2) is 53.9 Å². The molecular weight excluding hydrogens is 306 g/mol. The Bertz CT molecular complexity index is 695. The number of hydrogen-bond donors (Lipinski definition) is 0. The second kappa shape index (κ2) is 5.66. The van der Waals surface area contributed by atoms with Crippen molar-refractivity contribution in [2.45, 2.75) is 45.2 Å². The van der Waals surface area contributed by atoms with Crippen molar-refractivity contribution in [2.24, 2.45) is 0 Å². The maximum atomic E-state index is 12.3. The average Bonchev–Trinajstić information content (AvgIpc) is 3.12. The summed E-state index contributed by atoms with van der Waals surface area (Å²) in [6.07, 6.45) is 5.03. The minimum atomic E-state index is -3.17. The molecule has 1 fully saturated rings. The molecule has 0 aromatic carbocycles. The number of ether oxygens (including phenoxy) is 1. The normalized spacial score (nSPS) is 23.9. The van der Waals surface area contributed by atoms with Gasteiger partial charge in [-0.05, 0) is 32.6 Å². The molecule has 3 rings (SSSR count). The Labute approximate surface area is 130 Å². The second-order valence-electron chi connectivity index (χ2n) is 5.87. The molecule has 0 amide bonds. The highest BCUT2D eigenvalue weighted by Gasteiger charge is 2.42. The molecule has 1 aromatic rings. The number of hydrogen-bond acceptors (Lipinski definition) is 5. The SMILES string of the molecule is CCOC(=O)c1c2c(nn1CC1CN1S(C)(=O)=O)CCCC2. The number of rotatable bonds is 5. The van der Waals surface area contributed by atoms with E-state index in [0.29, 0.717) is 25.4 Å². The van der Waals surface area contributed by atoms with Gasteiger partial charge in [0.05, 0.1) is 31.1 Å². The number of aromatic nitrogens is 2. The summed E-state index contributed by atoms with van der Waals surface area (Å²) in [7, 11) is -3.17. The Morgan fingerprint density at radius 3 is 2.73 bits per heavy atom. The molecule has 22 heavy (non-hydrogen) atoms. The van der Waals surface area contributed by atoms with E-state index >= 15 is 0 Å². The van der Waals surface area contributed by atoms with Crippen molar-refractivity contribution < 1.29 is 17.9 Å². The van der Waals surface area contributed by atoms with Gasteiger partial charge in [0.15, 0.2) is 0 Å². The van der Waals surface area contributed by atoms with Gasteiger partial charge >= 0.3 is 5.97 Å². The third kappa shape index (κ3) is 2.89. The summed E-state index contributed by atoms with van der Waals surface area (Å²) in [5.41, 5.74) is 2.45. The van der Waals surface area contributed by atoms with E-state index < -0.39 is 10.0 Å². The quantitative estimate of drug-likeness (QED) is 0.584. The molecule has 2 unspecified atom stereocenters. The summed E-state index contributed by atoms with van der Waals surface area (Å²) in [5.74, 6) is -0.357. The zero-order valence-corrected chi connectivity index (χ0v) is 13.7. The minimum Gasteiger partial charge on any atom is -0.461 e. The molecule has 7 nitrogen and oxygen atoms in total. The van der Waals surface area contributed by atoms with Gasteiger partial charge in [-0.3, -0.25) is 4.68 Å². The van der Waals surface area contributed by atoms with Gasteiger partial charge in [0.2, 0.25) is 10.0 Å². The summed E-state index contributed by atoms with van der Waals surface area (Å²) in [5, 5.41) is 4.55. The van der Waals surface area contributed by atoms with Crippen LogP contribution in [0.3, 0.4) is 0 Å². The fraction of sp³-hybridized carbons (Fsp3) is 0.714. The summed E-state index contributed by atoms with van der Waals surface area (Å²) < 4.78 is 31.3. The summed E-state index contributed by atoms with van der Waals surface area (Å²) in [6.45, 7) is 2.99. The number of carbonyl (C=O) groups excluding carboxylic acids is 1. The minimum absolute atomic E-state index is 0.107. The van der Waals surface area contributed by atoms with E-state index in [1.807, 2.05) is 0 Å². The predicted octanol–water partition coefficient (Wildman–Crippen LogP) is 0.582. The predicted molar refractivity (Wildman–Crippen MR) is 80.2 cm³/mol. The lowest BCUT2D eigenvalue weighted by molar-refractivity contribution is 0.0510. The summed E-state index contributed by atoms with van der Waals surface area (Å²) >= 11 is 0. The molecule has 8 heteroatoms. The van der Waals surface area contributed by atoms with Crippen molar-refractivity contribution in [3.05, 3.63) is 17.0 Å². The van der Waals surface area contributed by atoms with Crippen molar-refractivity contribution in [1.29, 1.82) is 0 Å². The summed E-state index contributed by atoms with van der Waals surface area (Å²) in [4.78, 5) is 12.3. The highest BCUT2D eigenvalue weighted by Crippen LogP contribution is 2.28. The van der Waals surface area contributed by atoms with Crippen LogP contribution in [0, 0.1) is 0 Å². The number of fused-ring (bicyclic) bond motifs is 1. The van der Waals surface area contributed by atoms with Crippen molar-refractivity contribution in [3.63, 3.8) is 0 Å². The lowest BCUT2D eigenvalue weighted by Crippen LogP contribution is -2.20. The van der Waals surface area contributed by atoms with Crippen molar-refractivity contribution >= 4 is 16.0 Å². The fourth-order valence-corrected chi connectivity index (χ4v) is 4.13. The van der Waals surface area contributed by atoms with Gasteiger partial charge in [-0.25, -0.2) is 13.2 Å². The van der Waals surface area contributed by atoms with Crippen molar-refractivity contribution in [1.82, 2.24) is 14.1 Å². The Balaban J connectivity index is 1.87. The van der Waals surface area contributed by atoms with Gasteiger partial charge in [0, 0.05) is 12.1 Å². The van der Waals surface area contributed by atoms with Gasteiger partial charge in [0.1, 0.15) is 5.69 Å². The smallest absolute Gasteiger partial charge is 0.356 e. The molecule has 2 aliphatic rings. The van der Waals surface area contributed by atoms with E-state index in [2.05, 4.69) is 5.10 Å². The highest BCUT2D eigenvalue weighted by molar-refractivity contribution is 7.88. The highest BCUT2D eigenvalue weighted by atomic mass is 32.2. The zero-order valence-electron chi connectivity index (χ0n) is 12.9. The van der Waals surface area contributed by atoms with E-state index in [4.69, 9.17) is 4.74 Å². The second-order valence-corrected chi connectivity index (χ2v) is 7.81. The lowest BCUT2D eigenvalue weighted by Gasteiger charge is -2.11. The topological polar surface area (TPSA) is 81.3 Å². The Kier molecular flexibility index (Phi) is 3.98. The monoisotopic (exact) mass is 327 g/mol. The zero-order chi connectivity index (χ0) is 15.9. The van der Waals surface area contributed by atoms with Crippen LogP contribution >= 0.6 is 0 Å². The van der Waals surface area contributed by atoms with E-state index in [-0.39, 0.29) is 12.0 Å². The van der Waals surface area contributed by atoms with Crippen molar-refractivity contribution in [3.8, 4) is 0 Å².